The van der Waals surface area contributed by atoms with E-state index in [9.17, 15) is 8.78 Å². The summed E-state index contributed by atoms with van der Waals surface area (Å²) >= 11 is 0. The molecular weight excluding hydrogens is 276 g/mol. The lowest BCUT2D eigenvalue weighted by Gasteiger charge is -2.24. The van der Waals surface area contributed by atoms with Crippen LogP contribution < -0.4 is 5.73 Å². The molecule has 1 heterocycles. The highest BCUT2D eigenvalue weighted by atomic mass is 19.2. The summed E-state index contributed by atoms with van der Waals surface area (Å²) in [5, 5.41) is 3.89. The zero-order valence-corrected chi connectivity index (χ0v) is 11.3. The van der Waals surface area contributed by atoms with E-state index in [1.54, 1.807) is 0 Å². The van der Waals surface area contributed by atoms with Gasteiger partial charge in [-0.25, -0.2) is 8.78 Å². The highest BCUT2D eigenvalue weighted by Gasteiger charge is 2.48. The van der Waals surface area contributed by atoms with Gasteiger partial charge >= 0.3 is 0 Å². The molecule has 0 aliphatic heterocycles. The molecular formula is C15H15F2N3O. The number of hydrogen-bond acceptors (Lipinski definition) is 4. The summed E-state index contributed by atoms with van der Waals surface area (Å²) in [7, 11) is 0. The second-order valence-electron chi connectivity index (χ2n) is 6.02. The number of nitrogens with two attached hydrogens (primary N) is 1. The van der Waals surface area contributed by atoms with Crippen molar-refractivity contribution in [2.24, 2.45) is 17.6 Å². The van der Waals surface area contributed by atoms with Crippen LogP contribution in [0.25, 0.3) is 11.4 Å². The molecule has 1 aromatic carbocycles. The van der Waals surface area contributed by atoms with Crippen LogP contribution in [0, 0.1) is 23.5 Å². The first kappa shape index (κ1) is 12.9. The Labute approximate surface area is 120 Å². The minimum atomic E-state index is -0.921. The molecule has 2 saturated carbocycles. The van der Waals surface area contributed by atoms with E-state index in [-0.39, 0.29) is 17.8 Å². The van der Waals surface area contributed by atoms with Crippen LogP contribution in [0.5, 0.6) is 0 Å². The van der Waals surface area contributed by atoms with Gasteiger partial charge in [-0.2, -0.15) is 4.98 Å². The first-order chi connectivity index (χ1) is 10.1. The molecule has 0 amide bonds. The number of aromatic nitrogens is 2. The number of halogens is 2. The third kappa shape index (κ3) is 1.97. The standard InChI is InChI=1S/C15H15F2N3O/c16-10-4-3-9(6-11(10)17)14-19-15(21-20-14)12-7-1-2-8(5-7)13(12)18/h3-4,6-8,12-13H,1-2,5,18H2. The van der Waals surface area contributed by atoms with E-state index < -0.39 is 11.6 Å². The van der Waals surface area contributed by atoms with Crippen molar-refractivity contribution in [1.29, 1.82) is 0 Å². The van der Waals surface area contributed by atoms with Crippen LogP contribution in [-0.2, 0) is 0 Å². The fourth-order valence-electron chi connectivity index (χ4n) is 3.83. The van der Waals surface area contributed by atoms with Crippen LogP contribution in [-0.4, -0.2) is 16.2 Å². The molecule has 2 N–H and O–H groups in total. The molecule has 4 nitrogen and oxygen atoms in total. The van der Waals surface area contributed by atoms with E-state index in [0.717, 1.165) is 25.0 Å². The zero-order chi connectivity index (χ0) is 14.6. The van der Waals surface area contributed by atoms with Gasteiger partial charge in [0.25, 0.3) is 0 Å². The van der Waals surface area contributed by atoms with Crippen molar-refractivity contribution < 1.29 is 13.3 Å². The molecule has 4 unspecified atom stereocenters. The molecule has 2 fully saturated rings. The highest BCUT2D eigenvalue weighted by Crippen LogP contribution is 2.51. The summed E-state index contributed by atoms with van der Waals surface area (Å²) in [6, 6.07) is 3.63. The molecule has 2 bridgehead atoms. The maximum Gasteiger partial charge on any atom is 0.231 e. The highest BCUT2D eigenvalue weighted by molar-refractivity contribution is 5.54. The van der Waals surface area contributed by atoms with Gasteiger partial charge in [0, 0.05) is 11.6 Å². The molecule has 4 atom stereocenters. The Bertz CT molecular complexity index is 685. The molecule has 2 aliphatic rings. The van der Waals surface area contributed by atoms with Crippen molar-refractivity contribution in [3.8, 4) is 11.4 Å². The van der Waals surface area contributed by atoms with Crippen LogP contribution in [0.4, 0.5) is 8.78 Å². The third-order valence-corrected chi connectivity index (χ3v) is 4.89. The lowest BCUT2D eigenvalue weighted by molar-refractivity contribution is 0.279. The van der Waals surface area contributed by atoms with E-state index in [4.69, 9.17) is 10.3 Å². The van der Waals surface area contributed by atoms with Crippen molar-refractivity contribution in [3.63, 3.8) is 0 Å². The van der Waals surface area contributed by atoms with E-state index in [0.29, 0.717) is 23.3 Å². The lowest BCUT2D eigenvalue weighted by Crippen LogP contribution is -2.34. The first-order valence-electron chi connectivity index (χ1n) is 7.18. The normalized spacial score (nSPS) is 31.0. The van der Waals surface area contributed by atoms with Crippen molar-refractivity contribution >= 4 is 0 Å². The van der Waals surface area contributed by atoms with Crippen LogP contribution in [0.15, 0.2) is 22.7 Å². The Morgan fingerprint density at radius 1 is 1.14 bits per heavy atom. The second-order valence-corrected chi connectivity index (χ2v) is 6.02. The number of nitrogens with zero attached hydrogens (tertiary/aromatic N) is 2. The molecule has 6 heteroatoms. The van der Waals surface area contributed by atoms with Gasteiger partial charge in [0.2, 0.25) is 11.7 Å². The summed E-state index contributed by atoms with van der Waals surface area (Å²) < 4.78 is 31.6. The Morgan fingerprint density at radius 3 is 2.67 bits per heavy atom. The number of benzene rings is 1. The predicted octanol–water partition coefficient (Wildman–Crippen LogP) is 2.86. The minimum absolute atomic E-state index is 0.0574. The molecule has 110 valence electrons. The van der Waals surface area contributed by atoms with Gasteiger partial charge in [0.15, 0.2) is 11.6 Å². The maximum absolute atomic E-state index is 13.3. The van der Waals surface area contributed by atoms with E-state index in [2.05, 4.69) is 10.1 Å². The fraction of sp³-hybridized carbons (Fsp3) is 0.467. The van der Waals surface area contributed by atoms with Gasteiger partial charge in [-0.3, -0.25) is 0 Å². The minimum Gasteiger partial charge on any atom is -0.339 e. The Balaban J connectivity index is 1.65. The van der Waals surface area contributed by atoms with Gasteiger partial charge in [-0.05, 0) is 49.3 Å². The molecule has 0 spiro atoms. The number of rotatable bonds is 2. The molecule has 0 saturated heterocycles. The van der Waals surface area contributed by atoms with Crippen LogP contribution in [0.3, 0.4) is 0 Å². The Kier molecular flexibility index (Phi) is 2.82. The fourth-order valence-corrected chi connectivity index (χ4v) is 3.83. The maximum atomic E-state index is 13.3. The summed E-state index contributed by atoms with van der Waals surface area (Å²) in [5.74, 6) is 0.124. The van der Waals surface area contributed by atoms with E-state index in [1.165, 1.54) is 12.5 Å². The number of fused-ring (bicyclic) bond motifs is 2. The monoisotopic (exact) mass is 291 g/mol. The molecule has 2 aliphatic carbocycles. The van der Waals surface area contributed by atoms with Gasteiger partial charge in [0.05, 0.1) is 5.92 Å². The summed E-state index contributed by atoms with van der Waals surface area (Å²) in [5.41, 5.74) is 6.65. The molecule has 2 aromatic rings. The summed E-state index contributed by atoms with van der Waals surface area (Å²) in [6.07, 6.45) is 3.44. The third-order valence-electron chi connectivity index (χ3n) is 4.89. The second kappa shape index (κ2) is 4.59. The van der Waals surface area contributed by atoms with E-state index >= 15 is 0 Å². The summed E-state index contributed by atoms with van der Waals surface area (Å²) in [6.45, 7) is 0. The van der Waals surface area contributed by atoms with Crippen LogP contribution in [0.2, 0.25) is 0 Å². The van der Waals surface area contributed by atoms with Gasteiger partial charge in [-0.15, -0.1) is 0 Å². The zero-order valence-electron chi connectivity index (χ0n) is 11.3. The summed E-state index contributed by atoms with van der Waals surface area (Å²) in [4.78, 5) is 4.36. The molecule has 1 aromatic heterocycles. The lowest BCUT2D eigenvalue weighted by atomic mass is 9.85. The molecule has 21 heavy (non-hydrogen) atoms. The Hall–Kier alpha value is -1.82. The average Bonchev–Trinajstić information content (AvgIpc) is 3.16. The SMILES string of the molecule is NC1C2CCC(C2)C1c1nc(-c2ccc(F)c(F)c2)no1. The van der Waals surface area contributed by atoms with Gasteiger partial charge in [0.1, 0.15) is 0 Å². The number of hydrogen-bond donors (Lipinski definition) is 1. The van der Waals surface area contributed by atoms with Crippen molar-refractivity contribution in [2.45, 2.75) is 31.2 Å². The van der Waals surface area contributed by atoms with Gasteiger partial charge < -0.3 is 10.3 Å². The van der Waals surface area contributed by atoms with Crippen molar-refractivity contribution in [1.82, 2.24) is 10.1 Å². The van der Waals surface area contributed by atoms with Crippen LogP contribution in [0.1, 0.15) is 31.1 Å². The van der Waals surface area contributed by atoms with Gasteiger partial charge in [-0.1, -0.05) is 5.16 Å². The molecule has 0 radical (unpaired) electrons. The first-order valence-corrected chi connectivity index (χ1v) is 7.18. The van der Waals surface area contributed by atoms with Crippen LogP contribution >= 0.6 is 0 Å². The Morgan fingerprint density at radius 2 is 1.95 bits per heavy atom. The molecule has 4 rings (SSSR count). The van der Waals surface area contributed by atoms with Crippen molar-refractivity contribution in [2.75, 3.05) is 0 Å². The topological polar surface area (TPSA) is 64.9 Å². The average molecular weight is 291 g/mol. The smallest absolute Gasteiger partial charge is 0.231 e. The largest absolute Gasteiger partial charge is 0.339 e. The quantitative estimate of drug-likeness (QED) is 0.924. The van der Waals surface area contributed by atoms with E-state index in [1.807, 2.05) is 0 Å². The predicted molar refractivity (Wildman–Crippen MR) is 71.2 cm³/mol. The van der Waals surface area contributed by atoms with Crippen molar-refractivity contribution in [3.05, 3.63) is 35.7 Å².